The van der Waals surface area contributed by atoms with E-state index in [2.05, 4.69) is 53.3 Å². The lowest BCUT2D eigenvalue weighted by Gasteiger charge is -2.41. The summed E-state index contributed by atoms with van der Waals surface area (Å²) in [6, 6.07) is 0.100. The van der Waals surface area contributed by atoms with Crippen molar-refractivity contribution in [3.05, 3.63) is 11.8 Å². The van der Waals surface area contributed by atoms with Gasteiger partial charge in [0.2, 0.25) is 5.91 Å². The highest BCUT2D eigenvalue weighted by Gasteiger charge is 2.40. The predicted molar refractivity (Wildman–Crippen MR) is 96.3 cm³/mol. The topological polar surface area (TPSA) is 29.5 Å². The van der Waals surface area contributed by atoms with Crippen LogP contribution < -0.4 is 0 Å². The normalized spacial score (nSPS) is 21.5. The molecule has 1 heterocycles. The molecule has 1 aliphatic heterocycles. The standard InChI is InChI=1S/C18H35NO2Si/c1-14(2)22(15(3)4,16(5)6)13-12-17-10-8-9-11-18(20)19(17)21-7/h12-17H,8-11H2,1-7H3/b13-12+/t17-/m1/s1. The summed E-state index contributed by atoms with van der Waals surface area (Å²) in [6.07, 6.45) is 5.98. The van der Waals surface area contributed by atoms with Crippen LogP contribution in [-0.2, 0) is 9.63 Å². The van der Waals surface area contributed by atoms with Crippen LogP contribution in [-0.4, -0.2) is 32.2 Å². The minimum atomic E-state index is -1.57. The Labute approximate surface area is 138 Å². The van der Waals surface area contributed by atoms with Crippen molar-refractivity contribution in [2.75, 3.05) is 7.11 Å². The van der Waals surface area contributed by atoms with Gasteiger partial charge in [-0.05, 0) is 29.5 Å². The fraction of sp³-hybridized carbons (Fsp3) is 0.833. The summed E-state index contributed by atoms with van der Waals surface area (Å²) in [6.45, 7) is 14.2. The molecule has 1 atom stereocenters. The largest absolute Gasteiger partial charge is 0.274 e. The van der Waals surface area contributed by atoms with Crippen molar-refractivity contribution in [1.82, 2.24) is 5.06 Å². The summed E-state index contributed by atoms with van der Waals surface area (Å²) in [5.74, 6) is 0.126. The summed E-state index contributed by atoms with van der Waals surface area (Å²) in [5, 5.41) is 1.60. The van der Waals surface area contributed by atoms with E-state index in [-0.39, 0.29) is 11.9 Å². The zero-order chi connectivity index (χ0) is 16.9. The van der Waals surface area contributed by atoms with E-state index in [4.69, 9.17) is 4.84 Å². The van der Waals surface area contributed by atoms with Crippen molar-refractivity contribution in [1.29, 1.82) is 0 Å². The molecule has 0 radical (unpaired) electrons. The van der Waals surface area contributed by atoms with E-state index in [1.54, 1.807) is 12.2 Å². The zero-order valence-electron chi connectivity index (χ0n) is 15.6. The second-order valence-electron chi connectivity index (χ2n) is 7.54. The molecular formula is C18H35NO2Si. The van der Waals surface area contributed by atoms with Crippen LogP contribution in [0.3, 0.4) is 0 Å². The molecule has 0 aromatic carbocycles. The first-order chi connectivity index (χ1) is 10.3. The van der Waals surface area contributed by atoms with Crippen molar-refractivity contribution in [2.24, 2.45) is 0 Å². The monoisotopic (exact) mass is 325 g/mol. The van der Waals surface area contributed by atoms with Crippen LogP contribution in [0, 0.1) is 0 Å². The third kappa shape index (κ3) is 4.02. The van der Waals surface area contributed by atoms with Crippen molar-refractivity contribution < 1.29 is 9.63 Å². The van der Waals surface area contributed by atoms with Crippen LogP contribution in [0.1, 0.15) is 67.2 Å². The lowest BCUT2D eigenvalue weighted by molar-refractivity contribution is -0.182. The summed E-state index contributed by atoms with van der Waals surface area (Å²) in [5.41, 5.74) is 4.60. The van der Waals surface area contributed by atoms with Gasteiger partial charge in [-0.15, -0.1) is 0 Å². The second kappa shape index (κ2) is 8.30. The highest BCUT2D eigenvalue weighted by Crippen LogP contribution is 2.42. The van der Waals surface area contributed by atoms with E-state index in [9.17, 15) is 4.79 Å². The van der Waals surface area contributed by atoms with Crippen LogP contribution >= 0.6 is 0 Å². The maximum atomic E-state index is 12.2. The molecule has 0 bridgehead atoms. The average molecular weight is 326 g/mol. The number of carbonyl (C=O) groups excluding carboxylic acids is 1. The first-order valence-corrected chi connectivity index (χ1v) is 11.1. The predicted octanol–water partition coefficient (Wildman–Crippen LogP) is 5.09. The maximum absolute atomic E-state index is 12.2. The maximum Gasteiger partial charge on any atom is 0.246 e. The average Bonchev–Trinajstić information content (AvgIpc) is 2.59. The van der Waals surface area contributed by atoms with E-state index >= 15 is 0 Å². The van der Waals surface area contributed by atoms with Gasteiger partial charge in [0.05, 0.1) is 21.2 Å². The SMILES string of the molecule is CON1C(=O)CCCC[C@@H]1/C=C/[Si](C(C)C)(C(C)C)C(C)C. The smallest absolute Gasteiger partial charge is 0.246 e. The van der Waals surface area contributed by atoms with E-state index in [1.165, 1.54) is 0 Å². The second-order valence-corrected chi connectivity index (χ2v) is 13.3. The number of rotatable bonds is 6. The van der Waals surface area contributed by atoms with Crippen LogP contribution in [0.25, 0.3) is 0 Å². The van der Waals surface area contributed by atoms with Gasteiger partial charge in [0.15, 0.2) is 0 Å². The molecule has 1 aliphatic rings. The van der Waals surface area contributed by atoms with Gasteiger partial charge in [0.1, 0.15) is 0 Å². The van der Waals surface area contributed by atoms with Gasteiger partial charge in [-0.3, -0.25) is 9.63 Å². The Morgan fingerprint density at radius 1 is 1.09 bits per heavy atom. The molecule has 1 saturated heterocycles. The molecule has 0 N–H and O–H groups in total. The van der Waals surface area contributed by atoms with Crippen molar-refractivity contribution >= 4 is 14.0 Å². The molecule has 1 amide bonds. The van der Waals surface area contributed by atoms with E-state index in [1.807, 2.05) is 0 Å². The summed E-state index contributed by atoms with van der Waals surface area (Å²) < 4.78 is 0. The van der Waals surface area contributed by atoms with Gasteiger partial charge in [-0.2, -0.15) is 0 Å². The Bertz CT molecular complexity index is 369. The summed E-state index contributed by atoms with van der Waals surface area (Å²) >= 11 is 0. The molecule has 0 aliphatic carbocycles. The first kappa shape index (κ1) is 19.4. The molecule has 1 rings (SSSR count). The molecule has 0 aromatic rings. The number of carbonyl (C=O) groups is 1. The van der Waals surface area contributed by atoms with Crippen molar-refractivity contribution in [3.63, 3.8) is 0 Å². The van der Waals surface area contributed by atoms with Gasteiger partial charge in [-0.25, -0.2) is 5.06 Å². The van der Waals surface area contributed by atoms with E-state index < -0.39 is 8.07 Å². The number of nitrogens with zero attached hydrogens (tertiary/aromatic N) is 1. The Balaban J connectivity index is 3.09. The molecular weight excluding hydrogens is 290 g/mol. The van der Waals surface area contributed by atoms with Crippen LogP contribution in [0.4, 0.5) is 0 Å². The molecule has 0 saturated carbocycles. The number of amides is 1. The number of hydrogen-bond acceptors (Lipinski definition) is 2. The summed E-state index contributed by atoms with van der Waals surface area (Å²) in [7, 11) is 0.0467. The van der Waals surface area contributed by atoms with Gasteiger partial charge in [0.25, 0.3) is 0 Å². The Hall–Kier alpha value is -0.613. The van der Waals surface area contributed by atoms with Crippen LogP contribution in [0.2, 0.25) is 16.6 Å². The molecule has 3 nitrogen and oxygen atoms in total. The lowest BCUT2D eigenvalue weighted by Crippen LogP contribution is -2.44. The molecule has 22 heavy (non-hydrogen) atoms. The van der Waals surface area contributed by atoms with Gasteiger partial charge in [0, 0.05) is 6.42 Å². The lowest BCUT2D eigenvalue weighted by atomic mass is 10.1. The van der Waals surface area contributed by atoms with E-state index in [0.717, 1.165) is 19.3 Å². The fourth-order valence-electron chi connectivity index (χ4n) is 4.31. The molecule has 4 heteroatoms. The van der Waals surface area contributed by atoms with Crippen molar-refractivity contribution in [3.8, 4) is 0 Å². The van der Waals surface area contributed by atoms with Gasteiger partial charge >= 0.3 is 0 Å². The molecule has 0 unspecified atom stereocenters. The zero-order valence-corrected chi connectivity index (χ0v) is 16.6. The van der Waals surface area contributed by atoms with Gasteiger partial charge in [-0.1, -0.05) is 59.7 Å². The summed E-state index contributed by atoms with van der Waals surface area (Å²) in [4.78, 5) is 17.6. The molecule has 1 fully saturated rings. The molecule has 0 aromatic heterocycles. The van der Waals surface area contributed by atoms with Crippen molar-refractivity contribution in [2.45, 2.75) is 89.9 Å². The van der Waals surface area contributed by atoms with E-state index in [0.29, 0.717) is 23.0 Å². The van der Waals surface area contributed by atoms with Crippen LogP contribution in [0.15, 0.2) is 11.8 Å². The quantitative estimate of drug-likeness (QED) is 0.636. The highest BCUT2D eigenvalue weighted by atomic mass is 28.3. The number of hydrogen-bond donors (Lipinski definition) is 0. The Kier molecular flexibility index (Phi) is 7.33. The fourth-order valence-corrected chi connectivity index (χ4v) is 10.0. The van der Waals surface area contributed by atoms with Crippen LogP contribution in [0.5, 0.6) is 0 Å². The minimum absolute atomic E-state index is 0.100. The first-order valence-electron chi connectivity index (χ1n) is 8.82. The van der Waals surface area contributed by atoms with Gasteiger partial charge < -0.3 is 0 Å². The minimum Gasteiger partial charge on any atom is -0.274 e. The third-order valence-corrected chi connectivity index (χ3v) is 12.3. The Morgan fingerprint density at radius 2 is 1.64 bits per heavy atom. The molecule has 128 valence electrons. The Morgan fingerprint density at radius 3 is 2.09 bits per heavy atom. The molecule has 0 spiro atoms. The third-order valence-electron chi connectivity index (χ3n) is 5.49. The number of hydroxylamine groups is 2. The highest BCUT2D eigenvalue weighted by molar-refractivity contribution is 6.87.